The maximum absolute atomic E-state index is 9.18. The maximum atomic E-state index is 9.18. The van der Waals surface area contributed by atoms with Crippen LogP contribution < -0.4 is 5.32 Å². The first-order valence-electron chi connectivity index (χ1n) is 6.32. The molecule has 0 radical (unpaired) electrons. The Morgan fingerprint density at radius 3 is 2.50 bits per heavy atom. The second-order valence-corrected chi connectivity index (χ2v) is 4.39. The molecule has 20 heavy (non-hydrogen) atoms. The van der Waals surface area contributed by atoms with Gasteiger partial charge in [0, 0.05) is 11.9 Å². The number of anilines is 1. The molecule has 0 saturated carbocycles. The van der Waals surface area contributed by atoms with Gasteiger partial charge in [-0.1, -0.05) is 48.5 Å². The number of nitrogens with zero attached hydrogens (tertiary/aromatic N) is 3. The Morgan fingerprint density at radius 2 is 1.70 bits per heavy atom. The average molecular weight is 260 g/mol. The Balaban J connectivity index is 1.99. The van der Waals surface area contributed by atoms with Crippen molar-refractivity contribution in [1.29, 1.82) is 5.26 Å². The van der Waals surface area contributed by atoms with Crippen LogP contribution in [0.1, 0.15) is 11.3 Å². The van der Waals surface area contributed by atoms with E-state index < -0.39 is 0 Å². The van der Waals surface area contributed by atoms with Gasteiger partial charge < -0.3 is 5.32 Å². The third kappa shape index (κ3) is 2.29. The lowest BCUT2D eigenvalue weighted by molar-refractivity contribution is 1.04. The van der Waals surface area contributed by atoms with Gasteiger partial charge in [0.1, 0.15) is 6.07 Å². The van der Waals surface area contributed by atoms with E-state index in [0.29, 0.717) is 12.2 Å². The van der Waals surface area contributed by atoms with Crippen molar-refractivity contribution in [2.75, 3.05) is 5.32 Å². The predicted molar refractivity (Wildman–Crippen MR) is 78.0 cm³/mol. The summed E-state index contributed by atoms with van der Waals surface area (Å²) in [6, 6.07) is 19.8. The zero-order valence-electron chi connectivity index (χ0n) is 10.7. The van der Waals surface area contributed by atoms with Gasteiger partial charge in [0.2, 0.25) is 0 Å². The summed E-state index contributed by atoms with van der Waals surface area (Å²) in [7, 11) is 0. The van der Waals surface area contributed by atoms with Crippen LogP contribution in [0.15, 0.2) is 54.6 Å². The van der Waals surface area contributed by atoms with Gasteiger partial charge in [0.25, 0.3) is 0 Å². The monoisotopic (exact) mass is 260 g/mol. The lowest BCUT2D eigenvalue weighted by Gasteiger charge is -2.10. The van der Waals surface area contributed by atoms with Gasteiger partial charge in [-0.2, -0.15) is 5.26 Å². The first-order chi connectivity index (χ1) is 9.88. The summed E-state index contributed by atoms with van der Waals surface area (Å²) in [5, 5.41) is 21.4. The molecule has 0 spiro atoms. The van der Waals surface area contributed by atoms with Crippen LogP contribution in [0.5, 0.6) is 0 Å². The molecule has 4 nitrogen and oxygen atoms in total. The molecule has 96 valence electrons. The molecule has 1 N–H and O–H groups in total. The molecule has 0 unspecified atom stereocenters. The topological polar surface area (TPSA) is 61.6 Å². The molecule has 3 rings (SSSR count). The van der Waals surface area contributed by atoms with Gasteiger partial charge in [0.15, 0.2) is 5.69 Å². The van der Waals surface area contributed by atoms with Crippen LogP contribution >= 0.6 is 0 Å². The number of hydrogen-bond donors (Lipinski definition) is 1. The quantitative estimate of drug-likeness (QED) is 0.786. The largest absolute Gasteiger partial charge is 0.378 e. The van der Waals surface area contributed by atoms with Crippen LogP contribution in [0.2, 0.25) is 0 Å². The van der Waals surface area contributed by atoms with E-state index in [9.17, 15) is 5.26 Å². The zero-order chi connectivity index (χ0) is 13.8. The summed E-state index contributed by atoms with van der Waals surface area (Å²) < 4.78 is 0. The SMILES string of the molecule is N#Cc1nnc2ccccc2c1NCc1ccccc1. The van der Waals surface area contributed by atoms with E-state index in [0.717, 1.165) is 22.2 Å². The summed E-state index contributed by atoms with van der Waals surface area (Å²) >= 11 is 0. The fourth-order valence-electron chi connectivity index (χ4n) is 2.10. The van der Waals surface area contributed by atoms with Crippen LogP contribution in [0.4, 0.5) is 5.69 Å². The highest BCUT2D eigenvalue weighted by Crippen LogP contribution is 2.24. The lowest BCUT2D eigenvalue weighted by Crippen LogP contribution is -2.04. The second kappa shape index (κ2) is 5.37. The number of nitrogens with one attached hydrogen (secondary N) is 1. The molecule has 4 heteroatoms. The molecule has 0 atom stereocenters. The molecule has 0 saturated heterocycles. The number of aromatic nitrogens is 2. The van der Waals surface area contributed by atoms with Crippen molar-refractivity contribution in [3.05, 3.63) is 65.9 Å². The Kier molecular flexibility index (Phi) is 3.25. The Morgan fingerprint density at radius 1 is 0.950 bits per heavy atom. The lowest BCUT2D eigenvalue weighted by atomic mass is 10.1. The van der Waals surface area contributed by atoms with Crippen molar-refractivity contribution in [2.45, 2.75) is 6.54 Å². The molecule has 0 bridgehead atoms. The fourth-order valence-corrected chi connectivity index (χ4v) is 2.10. The molecular weight excluding hydrogens is 248 g/mol. The Bertz CT molecular complexity index is 775. The predicted octanol–water partition coefficient (Wildman–Crippen LogP) is 3.11. The molecule has 3 aromatic rings. The summed E-state index contributed by atoms with van der Waals surface area (Å²) in [6.07, 6.45) is 0. The summed E-state index contributed by atoms with van der Waals surface area (Å²) in [5.41, 5.74) is 2.99. The molecule has 1 aromatic heterocycles. The van der Waals surface area contributed by atoms with Gasteiger partial charge in [-0.05, 0) is 11.6 Å². The number of fused-ring (bicyclic) bond motifs is 1. The van der Waals surface area contributed by atoms with Crippen molar-refractivity contribution in [1.82, 2.24) is 10.2 Å². The van der Waals surface area contributed by atoms with Crippen LogP contribution in [0.25, 0.3) is 10.9 Å². The molecule has 0 aliphatic heterocycles. The van der Waals surface area contributed by atoms with Crippen molar-refractivity contribution >= 4 is 16.6 Å². The molecule has 0 fully saturated rings. The maximum Gasteiger partial charge on any atom is 0.186 e. The molecular formula is C16H12N4. The first kappa shape index (κ1) is 12.1. The highest BCUT2D eigenvalue weighted by molar-refractivity contribution is 5.92. The molecule has 1 heterocycles. The highest BCUT2D eigenvalue weighted by atomic mass is 15.1. The average Bonchev–Trinajstić information content (AvgIpc) is 2.53. The summed E-state index contributed by atoms with van der Waals surface area (Å²) in [6.45, 7) is 0.644. The van der Waals surface area contributed by atoms with Crippen molar-refractivity contribution in [2.24, 2.45) is 0 Å². The fraction of sp³-hybridized carbons (Fsp3) is 0.0625. The van der Waals surface area contributed by atoms with Gasteiger partial charge in [-0.15, -0.1) is 10.2 Å². The Hall–Kier alpha value is -2.93. The van der Waals surface area contributed by atoms with E-state index in [4.69, 9.17) is 0 Å². The summed E-state index contributed by atoms with van der Waals surface area (Å²) in [4.78, 5) is 0. The number of benzene rings is 2. The molecule has 0 aliphatic carbocycles. The minimum Gasteiger partial charge on any atom is -0.378 e. The van der Waals surface area contributed by atoms with E-state index in [1.807, 2.05) is 54.6 Å². The van der Waals surface area contributed by atoms with E-state index in [1.54, 1.807) is 0 Å². The van der Waals surface area contributed by atoms with Gasteiger partial charge >= 0.3 is 0 Å². The number of nitriles is 1. The minimum atomic E-state index is 0.319. The Labute approximate surface area is 116 Å². The van der Waals surface area contributed by atoms with E-state index in [2.05, 4.69) is 21.6 Å². The standard InChI is InChI=1S/C16H12N4/c17-10-15-16(18-11-12-6-2-1-3-7-12)13-8-4-5-9-14(13)19-20-15/h1-9H,11H2,(H,18,19). The van der Waals surface area contributed by atoms with E-state index in [1.165, 1.54) is 0 Å². The van der Waals surface area contributed by atoms with Crippen molar-refractivity contribution in [3.63, 3.8) is 0 Å². The summed E-state index contributed by atoms with van der Waals surface area (Å²) in [5.74, 6) is 0. The van der Waals surface area contributed by atoms with Crippen LogP contribution in [0.3, 0.4) is 0 Å². The first-order valence-corrected chi connectivity index (χ1v) is 6.32. The van der Waals surface area contributed by atoms with Crippen LogP contribution in [0, 0.1) is 11.3 Å². The molecule has 2 aromatic carbocycles. The second-order valence-electron chi connectivity index (χ2n) is 4.39. The third-order valence-electron chi connectivity index (χ3n) is 3.09. The van der Waals surface area contributed by atoms with Gasteiger partial charge in [0.05, 0.1) is 11.2 Å². The normalized spacial score (nSPS) is 10.2. The molecule has 0 aliphatic rings. The van der Waals surface area contributed by atoms with E-state index in [-0.39, 0.29) is 0 Å². The van der Waals surface area contributed by atoms with Gasteiger partial charge in [-0.3, -0.25) is 0 Å². The van der Waals surface area contributed by atoms with Gasteiger partial charge in [-0.25, -0.2) is 0 Å². The smallest absolute Gasteiger partial charge is 0.186 e. The number of rotatable bonds is 3. The molecule has 0 amide bonds. The third-order valence-corrected chi connectivity index (χ3v) is 3.09. The zero-order valence-corrected chi connectivity index (χ0v) is 10.7. The van der Waals surface area contributed by atoms with Crippen molar-refractivity contribution < 1.29 is 0 Å². The van der Waals surface area contributed by atoms with Crippen LogP contribution in [-0.2, 0) is 6.54 Å². The number of hydrogen-bond acceptors (Lipinski definition) is 4. The van der Waals surface area contributed by atoms with E-state index >= 15 is 0 Å². The minimum absolute atomic E-state index is 0.319. The van der Waals surface area contributed by atoms with Crippen LogP contribution in [-0.4, -0.2) is 10.2 Å². The highest BCUT2D eigenvalue weighted by Gasteiger charge is 2.09. The van der Waals surface area contributed by atoms with Crippen molar-refractivity contribution in [3.8, 4) is 6.07 Å².